The number of phenolic OH excluding ortho intramolecular Hbond substituents is 2. The summed E-state index contributed by atoms with van der Waals surface area (Å²) in [6.07, 6.45) is 0.561. The molecule has 7 nitrogen and oxygen atoms in total. The Morgan fingerprint density at radius 3 is 2.59 bits per heavy atom. The standard InChI is InChI=1S/C31H35NO6S/c1-19-11-12-32(16-19)20(2)17-37-26-8-9-27(23(14-26)18-39(35)36)31-30(22-5-4-6-24(33)13-22)21(3)28-15-25(34)7-10-29(28)38-31/h4-10,13-15,19-20,31,33-34,39H,11-12,16-18H2,1-3H3/t19-,20+,31?/m1/s1. The summed E-state index contributed by atoms with van der Waals surface area (Å²) in [4.78, 5) is 2.43. The fourth-order valence-corrected chi connectivity index (χ4v) is 6.15. The first kappa shape index (κ1) is 27.1. The van der Waals surface area contributed by atoms with Crippen molar-refractivity contribution in [3.8, 4) is 23.0 Å². The first-order valence-electron chi connectivity index (χ1n) is 13.3. The molecule has 0 amide bonds. The summed E-state index contributed by atoms with van der Waals surface area (Å²) < 4.78 is 36.6. The van der Waals surface area contributed by atoms with Crippen LogP contribution in [0.2, 0.25) is 0 Å². The molecule has 3 aromatic carbocycles. The largest absolute Gasteiger partial charge is 0.508 e. The highest BCUT2D eigenvalue weighted by Gasteiger charge is 2.31. The molecule has 3 aromatic rings. The first-order chi connectivity index (χ1) is 18.7. The molecule has 1 saturated heterocycles. The molecule has 0 saturated carbocycles. The highest BCUT2D eigenvalue weighted by atomic mass is 32.2. The Hall–Kier alpha value is -3.49. The van der Waals surface area contributed by atoms with Gasteiger partial charge in [-0.1, -0.05) is 25.1 Å². The zero-order valence-electron chi connectivity index (χ0n) is 22.5. The van der Waals surface area contributed by atoms with E-state index in [1.54, 1.807) is 42.5 Å². The lowest BCUT2D eigenvalue weighted by atomic mass is 9.85. The predicted octanol–water partition coefficient (Wildman–Crippen LogP) is 5.38. The Morgan fingerprint density at radius 1 is 1.08 bits per heavy atom. The molecule has 3 atom stereocenters. The summed E-state index contributed by atoms with van der Waals surface area (Å²) in [6, 6.07) is 17.6. The van der Waals surface area contributed by atoms with Crippen molar-refractivity contribution in [2.45, 2.75) is 45.1 Å². The van der Waals surface area contributed by atoms with Crippen molar-refractivity contribution in [3.05, 3.63) is 82.9 Å². The van der Waals surface area contributed by atoms with Crippen LogP contribution in [0.5, 0.6) is 23.0 Å². The van der Waals surface area contributed by atoms with E-state index >= 15 is 0 Å². The van der Waals surface area contributed by atoms with Gasteiger partial charge < -0.3 is 19.7 Å². The molecule has 1 fully saturated rings. The van der Waals surface area contributed by atoms with Gasteiger partial charge in [0.1, 0.15) is 40.3 Å². The minimum absolute atomic E-state index is 0.112. The van der Waals surface area contributed by atoms with Crippen molar-refractivity contribution in [1.29, 1.82) is 0 Å². The lowest BCUT2D eigenvalue weighted by Crippen LogP contribution is -2.35. The minimum atomic E-state index is -2.71. The first-order valence-corrected chi connectivity index (χ1v) is 14.7. The number of phenols is 2. The van der Waals surface area contributed by atoms with E-state index in [0.29, 0.717) is 35.2 Å². The molecule has 1 unspecified atom stereocenters. The van der Waals surface area contributed by atoms with Crippen molar-refractivity contribution >= 4 is 21.9 Å². The third-order valence-electron chi connectivity index (χ3n) is 7.70. The maximum atomic E-state index is 12.0. The molecule has 0 bridgehead atoms. The maximum Gasteiger partial charge on any atom is 0.150 e. The van der Waals surface area contributed by atoms with E-state index < -0.39 is 16.8 Å². The van der Waals surface area contributed by atoms with Crippen LogP contribution >= 0.6 is 0 Å². The van der Waals surface area contributed by atoms with E-state index in [2.05, 4.69) is 18.7 Å². The number of nitrogens with zero attached hydrogens (tertiary/aromatic N) is 1. The second-order valence-corrected chi connectivity index (χ2v) is 11.6. The quantitative estimate of drug-likeness (QED) is 0.325. The van der Waals surface area contributed by atoms with Gasteiger partial charge in [-0.15, -0.1) is 0 Å². The number of hydrogen-bond donors (Lipinski definition) is 3. The number of likely N-dealkylation sites (tertiary alicyclic amines) is 1. The van der Waals surface area contributed by atoms with Crippen LogP contribution in [0.4, 0.5) is 0 Å². The van der Waals surface area contributed by atoms with E-state index in [-0.39, 0.29) is 23.3 Å². The molecule has 2 heterocycles. The highest BCUT2D eigenvalue weighted by Crippen LogP contribution is 2.48. The molecule has 0 aliphatic carbocycles. The van der Waals surface area contributed by atoms with E-state index in [4.69, 9.17) is 9.47 Å². The Kier molecular flexibility index (Phi) is 7.86. The molecule has 0 spiro atoms. The molecule has 206 valence electrons. The van der Waals surface area contributed by atoms with E-state index in [1.807, 2.05) is 25.1 Å². The average Bonchev–Trinajstić information content (AvgIpc) is 3.33. The number of benzene rings is 3. The number of rotatable bonds is 8. The van der Waals surface area contributed by atoms with Crippen LogP contribution in [0.3, 0.4) is 0 Å². The predicted molar refractivity (Wildman–Crippen MR) is 153 cm³/mol. The van der Waals surface area contributed by atoms with Gasteiger partial charge in [-0.2, -0.15) is 0 Å². The summed E-state index contributed by atoms with van der Waals surface area (Å²) in [5.74, 6) is 1.97. The van der Waals surface area contributed by atoms with E-state index in [9.17, 15) is 18.6 Å². The van der Waals surface area contributed by atoms with Crippen molar-refractivity contribution in [2.75, 3.05) is 19.7 Å². The number of ether oxygens (including phenoxy) is 2. The van der Waals surface area contributed by atoms with Crippen LogP contribution in [0.1, 0.15) is 55.5 Å². The Bertz CT molecular complexity index is 1470. The highest BCUT2D eigenvalue weighted by molar-refractivity contribution is 7.71. The second-order valence-electron chi connectivity index (χ2n) is 10.7. The zero-order valence-corrected chi connectivity index (χ0v) is 23.4. The Morgan fingerprint density at radius 2 is 1.87 bits per heavy atom. The molecule has 2 aliphatic rings. The molecule has 2 N–H and O–H groups in total. The Labute approximate surface area is 231 Å². The summed E-state index contributed by atoms with van der Waals surface area (Å²) in [5.41, 5.74) is 4.46. The SMILES string of the molecule is CC1=C(c2cccc(O)c2)C(c2ccc(OC[C@H](C)N3CC[C@@H](C)C3)cc2C[SH](=O)=O)Oc2ccc(O)cc21. The normalized spacial score (nSPS) is 20.1. The molecular weight excluding hydrogens is 514 g/mol. The van der Waals surface area contributed by atoms with Crippen LogP contribution in [-0.4, -0.2) is 49.3 Å². The summed E-state index contributed by atoms with van der Waals surface area (Å²) in [5, 5.41) is 20.4. The smallest absolute Gasteiger partial charge is 0.150 e. The van der Waals surface area contributed by atoms with Gasteiger partial charge in [0.05, 0.1) is 5.75 Å². The third-order valence-corrected chi connectivity index (χ3v) is 8.30. The van der Waals surface area contributed by atoms with Gasteiger partial charge in [-0.05, 0) is 91.9 Å². The number of allylic oxidation sites excluding steroid dienone is 1. The van der Waals surface area contributed by atoms with E-state index in [0.717, 1.165) is 35.4 Å². The van der Waals surface area contributed by atoms with Crippen LogP contribution in [0.15, 0.2) is 60.7 Å². The van der Waals surface area contributed by atoms with Gasteiger partial charge in [-0.25, -0.2) is 8.42 Å². The number of thiol groups is 1. The van der Waals surface area contributed by atoms with Crippen LogP contribution in [0.25, 0.3) is 11.1 Å². The van der Waals surface area contributed by atoms with Gasteiger partial charge in [0.25, 0.3) is 0 Å². The van der Waals surface area contributed by atoms with Crippen molar-refractivity contribution in [2.24, 2.45) is 5.92 Å². The molecule has 0 radical (unpaired) electrons. The summed E-state index contributed by atoms with van der Waals surface area (Å²) >= 11 is 0. The lowest BCUT2D eigenvalue weighted by molar-refractivity contribution is 0.169. The zero-order chi connectivity index (χ0) is 27.7. The molecule has 8 heteroatoms. The van der Waals surface area contributed by atoms with Crippen LogP contribution < -0.4 is 9.47 Å². The fourth-order valence-electron chi connectivity index (χ4n) is 5.60. The van der Waals surface area contributed by atoms with Crippen molar-refractivity contribution in [1.82, 2.24) is 4.90 Å². The van der Waals surface area contributed by atoms with Gasteiger partial charge in [0.15, 0.2) is 6.10 Å². The molecule has 39 heavy (non-hydrogen) atoms. The average molecular weight is 550 g/mol. The van der Waals surface area contributed by atoms with Crippen molar-refractivity contribution in [3.63, 3.8) is 0 Å². The molecule has 0 aromatic heterocycles. The topological polar surface area (TPSA) is 96.3 Å². The maximum absolute atomic E-state index is 12.0. The summed E-state index contributed by atoms with van der Waals surface area (Å²) in [7, 11) is -2.71. The number of aromatic hydroxyl groups is 2. The van der Waals surface area contributed by atoms with Gasteiger partial charge in [0.2, 0.25) is 0 Å². The van der Waals surface area contributed by atoms with Gasteiger partial charge >= 0.3 is 0 Å². The lowest BCUT2D eigenvalue weighted by Gasteiger charge is -2.32. The number of hydrogen-bond acceptors (Lipinski definition) is 7. The van der Waals surface area contributed by atoms with E-state index in [1.165, 1.54) is 6.42 Å². The van der Waals surface area contributed by atoms with Crippen molar-refractivity contribution < 1.29 is 28.1 Å². The molecular formula is C31H35NO6S. The third kappa shape index (κ3) is 5.92. The fraction of sp³-hybridized carbons (Fsp3) is 0.355. The van der Waals surface area contributed by atoms with Crippen LogP contribution in [-0.2, 0) is 16.5 Å². The second kappa shape index (κ2) is 11.3. The minimum Gasteiger partial charge on any atom is -0.508 e. The number of fused-ring (bicyclic) bond motifs is 1. The Balaban J connectivity index is 1.53. The van der Waals surface area contributed by atoms with Gasteiger partial charge in [-0.3, -0.25) is 4.90 Å². The van der Waals surface area contributed by atoms with Crippen LogP contribution in [0, 0.1) is 5.92 Å². The van der Waals surface area contributed by atoms with Gasteiger partial charge in [0, 0.05) is 29.3 Å². The molecule has 2 aliphatic heterocycles. The molecule has 5 rings (SSSR count). The summed E-state index contributed by atoms with van der Waals surface area (Å²) in [6.45, 7) is 9.00. The monoisotopic (exact) mass is 549 g/mol.